The monoisotopic (exact) mass is 256 g/mol. The lowest BCUT2D eigenvalue weighted by molar-refractivity contribution is 0.506. The number of hydrogen-bond donors (Lipinski definition) is 4. The summed E-state index contributed by atoms with van der Waals surface area (Å²) in [5.74, 6) is 0. The van der Waals surface area contributed by atoms with Gasteiger partial charge in [0.15, 0.2) is 0 Å². The van der Waals surface area contributed by atoms with Gasteiger partial charge in [0.05, 0.1) is 11.1 Å². The van der Waals surface area contributed by atoms with Gasteiger partial charge in [-0.1, -0.05) is 6.07 Å². The van der Waals surface area contributed by atoms with Crippen LogP contribution in [0.5, 0.6) is 0 Å². The first-order valence-electron chi connectivity index (χ1n) is 5.36. The lowest BCUT2D eigenvalue weighted by Crippen LogP contribution is -2.44. The number of benzene rings is 1. The standard InChI is InChI=1S/C10H16N4O2S/c1-7-5-10(13-12-7)14-17(15,16)9-4-2-3-8(11)6-9/h2-4,6-7,10,12-14H,5,11H2,1H3. The van der Waals surface area contributed by atoms with Crippen molar-refractivity contribution < 1.29 is 8.42 Å². The van der Waals surface area contributed by atoms with E-state index in [9.17, 15) is 8.42 Å². The summed E-state index contributed by atoms with van der Waals surface area (Å²) in [5, 5.41) is 0. The highest BCUT2D eigenvalue weighted by Gasteiger charge is 2.25. The maximum Gasteiger partial charge on any atom is 0.242 e. The molecule has 0 aromatic heterocycles. The van der Waals surface area contributed by atoms with Crippen LogP contribution in [0.15, 0.2) is 29.2 Å². The minimum Gasteiger partial charge on any atom is -0.399 e. The summed E-state index contributed by atoms with van der Waals surface area (Å²) in [4.78, 5) is 0.179. The molecule has 2 rings (SSSR count). The smallest absolute Gasteiger partial charge is 0.242 e. The van der Waals surface area contributed by atoms with Crippen molar-refractivity contribution in [1.82, 2.24) is 15.6 Å². The van der Waals surface area contributed by atoms with Crippen molar-refractivity contribution in [2.75, 3.05) is 5.73 Å². The van der Waals surface area contributed by atoms with Crippen molar-refractivity contribution in [2.45, 2.75) is 30.4 Å². The van der Waals surface area contributed by atoms with Crippen LogP contribution in [0.25, 0.3) is 0 Å². The van der Waals surface area contributed by atoms with Crippen molar-refractivity contribution >= 4 is 15.7 Å². The fourth-order valence-electron chi connectivity index (χ4n) is 1.73. The molecular weight excluding hydrogens is 240 g/mol. The van der Waals surface area contributed by atoms with Crippen molar-refractivity contribution in [2.24, 2.45) is 0 Å². The first-order chi connectivity index (χ1) is 7.97. The molecule has 17 heavy (non-hydrogen) atoms. The molecule has 5 N–H and O–H groups in total. The molecule has 0 saturated carbocycles. The Bertz CT molecular complexity index is 503. The van der Waals surface area contributed by atoms with E-state index in [-0.39, 0.29) is 17.1 Å². The quantitative estimate of drug-likeness (QED) is 0.560. The second-order valence-electron chi connectivity index (χ2n) is 4.17. The lowest BCUT2D eigenvalue weighted by Gasteiger charge is -2.12. The third-order valence-corrected chi connectivity index (χ3v) is 4.03. The van der Waals surface area contributed by atoms with Gasteiger partial charge in [-0.2, -0.15) is 4.72 Å². The van der Waals surface area contributed by atoms with Crippen molar-refractivity contribution in [1.29, 1.82) is 0 Å². The van der Waals surface area contributed by atoms with E-state index in [1.807, 2.05) is 6.92 Å². The van der Waals surface area contributed by atoms with Crippen molar-refractivity contribution in [3.8, 4) is 0 Å². The Kier molecular flexibility index (Phi) is 3.34. The Morgan fingerprint density at radius 2 is 2.18 bits per heavy atom. The van der Waals surface area contributed by atoms with Gasteiger partial charge in [0.1, 0.15) is 0 Å². The molecule has 6 nitrogen and oxygen atoms in total. The Balaban J connectivity index is 2.14. The molecule has 0 radical (unpaired) electrons. The fourth-order valence-corrected chi connectivity index (χ4v) is 2.94. The average molecular weight is 256 g/mol. The third kappa shape index (κ3) is 2.95. The molecule has 1 aliphatic heterocycles. The molecule has 94 valence electrons. The molecule has 2 atom stereocenters. The number of rotatable bonds is 3. The highest BCUT2D eigenvalue weighted by atomic mass is 32.2. The lowest BCUT2D eigenvalue weighted by atomic mass is 10.2. The van der Waals surface area contributed by atoms with E-state index in [0.29, 0.717) is 12.1 Å². The van der Waals surface area contributed by atoms with E-state index >= 15 is 0 Å². The Morgan fingerprint density at radius 3 is 2.76 bits per heavy atom. The Hall–Kier alpha value is -1.15. The second-order valence-corrected chi connectivity index (χ2v) is 5.89. The highest BCUT2D eigenvalue weighted by Crippen LogP contribution is 2.14. The SMILES string of the molecule is CC1CC(NS(=O)(=O)c2cccc(N)c2)NN1. The van der Waals surface area contributed by atoms with E-state index in [1.54, 1.807) is 12.1 Å². The minimum atomic E-state index is -3.52. The second kappa shape index (κ2) is 4.61. The van der Waals surface area contributed by atoms with Crippen molar-refractivity contribution in [3.63, 3.8) is 0 Å². The maximum absolute atomic E-state index is 12.0. The van der Waals surface area contributed by atoms with Gasteiger partial charge in [-0.25, -0.2) is 13.8 Å². The number of nitrogen functional groups attached to an aromatic ring is 1. The molecule has 2 unspecified atom stereocenters. The molecule has 0 spiro atoms. The molecule has 7 heteroatoms. The number of nitrogens with one attached hydrogen (secondary N) is 3. The largest absolute Gasteiger partial charge is 0.399 e. The maximum atomic E-state index is 12.0. The summed E-state index contributed by atoms with van der Waals surface area (Å²) in [6.07, 6.45) is 0.401. The van der Waals surface area contributed by atoms with E-state index in [1.165, 1.54) is 12.1 Å². The van der Waals surface area contributed by atoms with Gasteiger partial charge in [0.25, 0.3) is 0 Å². The Labute approximate surface area is 101 Å². The topological polar surface area (TPSA) is 96.2 Å². The zero-order chi connectivity index (χ0) is 12.5. The predicted octanol–water partition coefficient (Wildman–Crippen LogP) is -0.240. The van der Waals surface area contributed by atoms with Crippen LogP contribution in [0.3, 0.4) is 0 Å². The zero-order valence-corrected chi connectivity index (χ0v) is 10.3. The van der Waals surface area contributed by atoms with Gasteiger partial charge in [-0.15, -0.1) is 0 Å². The Morgan fingerprint density at radius 1 is 1.41 bits per heavy atom. The predicted molar refractivity (Wildman–Crippen MR) is 65.3 cm³/mol. The van der Waals surface area contributed by atoms with Crippen LogP contribution in [0, 0.1) is 0 Å². The molecule has 1 aromatic carbocycles. The van der Waals surface area contributed by atoms with Gasteiger partial charge in [-0.3, -0.25) is 5.43 Å². The first kappa shape index (κ1) is 12.3. The van der Waals surface area contributed by atoms with E-state index < -0.39 is 10.0 Å². The van der Waals surface area contributed by atoms with Crippen LogP contribution in [0.4, 0.5) is 5.69 Å². The van der Waals surface area contributed by atoms with Gasteiger partial charge in [-0.05, 0) is 31.5 Å². The van der Waals surface area contributed by atoms with Crippen molar-refractivity contribution in [3.05, 3.63) is 24.3 Å². The van der Waals surface area contributed by atoms with Crippen LogP contribution < -0.4 is 21.3 Å². The molecule has 1 aromatic rings. The fraction of sp³-hybridized carbons (Fsp3) is 0.400. The average Bonchev–Trinajstić information content (AvgIpc) is 2.63. The number of hydrogen-bond acceptors (Lipinski definition) is 5. The molecule has 0 amide bonds. The normalized spacial score (nSPS) is 25.0. The molecule has 1 saturated heterocycles. The van der Waals surface area contributed by atoms with E-state index in [4.69, 9.17) is 5.73 Å². The molecule has 0 aliphatic carbocycles. The highest BCUT2D eigenvalue weighted by molar-refractivity contribution is 7.89. The van der Waals surface area contributed by atoms with E-state index in [2.05, 4.69) is 15.6 Å². The zero-order valence-electron chi connectivity index (χ0n) is 9.47. The molecule has 1 heterocycles. The summed E-state index contributed by atoms with van der Waals surface area (Å²) in [5.41, 5.74) is 11.8. The van der Waals surface area contributed by atoms with Crippen LogP contribution in [-0.2, 0) is 10.0 Å². The summed E-state index contributed by atoms with van der Waals surface area (Å²) in [6.45, 7) is 1.97. The van der Waals surface area contributed by atoms with Gasteiger partial charge >= 0.3 is 0 Å². The summed E-state index contributed by atoms with van der Waals surface area (Å²) < 4.78 is 26.6. The number of anilines is 1. The first-order valence-corrected chi connectivity index (χ1v) is 6.84. The summed E-state index contributed by atoms with van der Waals surface area (Å²) in [7, 11) is -3.52. The van der Waals surface area contributed by atoms with E-state index in [0.717, 1.165) is 0 Å². The summed E-state index contributed by atoms with van der Waals surface area (Å²) >= 11 is 0. The number of nitrogens with two attached hydrogens (primary N) is 1. The molecule has 1 aliphatic rings. The van der Waals surface area contributed by atoms with Gasteiger partial charge in [0.2, 0.25) is 10.0 Å². The van der Waals surface area contributed by atoms with Gasteiger partial charge < -0.3 is 5.73 Å². The number of hydrazine groups is 1. The van der Waals surface area contributed by atoms with Crippen LogP contribution in [0.1, 0.15) is 13.3 Å². The van der Waals surface area contributed by atoms with Crippen LogP contribution >= 0.6 is 0 Å². The van der Waals surface area contributed by atoms with Crippen LogP contribution in [-0.4, -0.2) is 20.6 Å². The molecular formula is C10H16N4O2S. The van der Waals surface area contributed by atoms with Crippen LogP contribution in [0.2, 0.25) is 0 Å². The van der Waals surface area contributed by atoms with Gasteiger partial charge in [0, 0.05) is 11.7 Å². The number of sulfonamides is 1. The summed E-state index contributed by atoms with van der Waals surface area (Å²) in [6, 6.07) is 6.46. The third-order valence-electron chi connectivity index (χ3n) is 2.56. The minimum absolute atomic E-state index is 0.179. The molecule has 0 bridgehead atoms. The molecule has 1 fully saturated rings.